The van der Waals surface area contributed by atoms with Crippen LogP contribution in [0, 0.1) is 5.92 Å². The summed E-state index contributed by atoms with van der Waals surface area (Å²) in [6.45, 7) is 2.42. The average molecular weight is 361 g/mol. The Bertz CT molecular complexity index is 726. The van der Waals surface area contributed by atoms with Gasteiger partial charge in [-0.3, -0.25) is 4.79 Å². The number of nitrogens with zero attached hydrogens (tertiary/aromatic N) is 3. The van der Waals surface area contributed by atoms with Gasteiger partial charge in [0.2, 0.25) is 11.9 Å². The summed E-state index contributed by atoms with van der Waals surface area (Å²) < 4.78 is 0. The van der Waals surface area contributed by atoms with Gasteiger partial charge < -0.3 is 15.3 Å². The molecule has 3 rings (SSSR count). The van der Waals surface area contributed by atoms with Crippen LogP contribution >= 0.6 is 11.6 Å². The number of anilines is 1. The zero-order valence-electron chi connectivity index (χ0n) is 13.9. The van der Waals surface area contributed by atoms with Crippen LogP contribution < -0.4 is 10.2 Å². The van der Waals surface area contributed by atoms with E-state index in [1.54, 1.807) is 30.6 Å². The Labute approximate surface area is 151 Å². The SMILES string of the molecule is O=C(Cc1ccc(O)c(Cl)c1)NC[C@H]1CCCN(c2ncccn2)C1. The Morgan fingerprint density at radius 1 is 1.36 bits per heavy atom. The molecule has 0 radical (unpaired) electrons. The Kier molecular flexibility index (Phi) is 5.71. The molecule has 0 aliphatic carbocycles. The number of aromatic hydroxyl groups is 1. The van der Waals surface area contributed by atoms with Gasteiger partial charge in [-0.25, -0.2) is 9.97 Å². The zero-order chi connectivity index (χ0) is 17.6. The number of hydrogen-bond donors (Lipinski definition) is 2. The highest BCUT2D eigenvalue weighted by Crippen LogP contribution is 2.24. The lowest BCUT2D eigenvalue weighted by Crippen LogP contribution is -2.41. The molecule has 7 heteroatoms. The molecule has 1 atom stereocenters. The first-order valence-corrected chi connectivity index (χ1v) is 8.75. The molecular formula is C18H21ClN4O2. The van der Waals surface area contributed by atoms with Crippen LogP contribution in [0.5, 0.6) is 5.75 Å². The second-order valence-electron chi connectivity index (χ2n) is 6.27. The van der Waals surface area contributed by atoms with E-state index in [1.807, 2.05) is 0 Å². The monoisotopic (exact) mass is 360 g/mol. The predicted octanol–water partition coefficient (Wildman–Crippen LogP) is 2.41. The summed E-state index contributed by atoms with van der Waals surface area (Å²) in [5.74, 6) is 1.10. The largest absolute Gasteiger partial charge is 0.506 e. The molecule has 2 N–H and O–H groups in total. The normalized spacial score (nSPS) is 17.3. The minimum Gasteiger partial charge on any atom is -0.506 e. The lowest BCUT2D eigenvalue weighted by Gasteiger charge is -2.32. The molecule has 1 aliphatic heterocycles. The molecule has 0 saturated carbocycles. The number of aromatic nitrogens is 2. The van der Waals surface area contributed by atoms with Crippen molar-refractivity contribution in [3.63, 3.8) is 0 Å². The van der Waals surface area contributed by atoms with Crippen molar-refractivity contribution in [2.24, 2.45) is 5.92 Å². The van der Waals surface area contributed by atoms with Crippen LogP contribution in [0.25, 0.3) is 0 Å². The molecule has 2 heterocycles. The second kappa shape index (κ2) is 8.16. The van der Waals surface area contributed by atoms with Crippen LogP contribution in [0.15, 0.2) is 36.7 Å². The smallest absolute Gasteiger partial charge is 0.225 e. The third-order valence-corrected chi connectivity index (χ3v) is 4.62. The van der Waals surface area contributed by atoms with Gasteiger partial charge in [0.25, 0.3) is 0 Å². The summed E-state index contributed by atoms with van der Waals surface area (Å²) in [6.07, 6.45) is 5.88. The van der Waals surface area contributed by atoms with Gasteiger partial charge >= 0.3 is 0 Å². The fourth-order valence-corrected chi connectivity index (χ4v) is 3.24. The van der Waals surface area contributed by atoms with E-state index in [0.29, 0.717) is 12.5 Å². The molecule has 0 spiro atoms. The van der Waals surface area contributed by atoms with E-state index in [0.717, 1.165) is 37.4 Å². The summed E-state index contributed by atoms with van der Waals surface area (Å²) in [5.41, 5.74) is 0.781. The molecule has 2 aromatic rings. The van der Waals surface area contributed by atoms with Crippen LogP contribution in [0.2, 0.25) is 5.02 Å². The van der Waals surface area contributed by atoms with E-state index in [-0.39, 0.29) is 23.1 Å². The number of carbonyl (C=O) groups excluding carboxylic acids is 1. The van der Waals surface area contributed by atoms with Crippen LogP contribution in [0.1, 0.15) is 18.4 Å². The van der Waals surface area contributed by atoms with Crippen molar-refractivity contribution in [2.75, 3.05) is 24.5 Å². The van der Waals surface area contributed by atoms with E-state index < -0.39 is 0 Å². The van der Waals surface area contributed by atoms with Gasteiger partial charge in [0.15, 0.2) is 0 Å². The van der Waals surface area contributed by atoms with E-state index in [4.69, 9.17) is 11.6 Å². The first-order valence-electron chi connectivity index (χ1n) is 8.38. The Morgan fingerprint density at radius 3 is 2.92 bits per heavy atom. The van der Waals surface area contributed by atoms with Crippen molar-refractivity contribution in [1.82, 2.24) is 15.3 Å². The quantitative estimate of drug-likeness (QED) is 0.856. The van der Waals surface area contributed by atoms with Gasteiger partial charge in [-0.1, -0.05) is 17.7 Å². The van der Waals surface area contributed by atoms with Crippen molar-refractivity contribution in [3.05, 3.63) is 47.2 Å². The maximum atomic E-state index is 12.1. The van der Waals surface area contributed by atoms with Crippen LogP contribution in [-0.2, 0) is 11.2 Å². The number of phenols is 1. The van der Waals surface area contributed by atoms with Crippen molar-refractivity contribution in [2.45, 2.75) is 19.3 Å². The Balaban J connectivity index is 1.49. The Morgan fingerprint density at radius 2 is 2.16 bits per heavy atom. The summed E-state index contributed by atoms with van der Waals surface area (Å²) in [7, 11) is 0. The second-order valence-corrected chi connectivity index (χ2v) is 6.68. The number of phenolic OH excluding ortho intramolecular Hbond substituents is 1. The summed E-state index contributed by atoms with van der Waals surface area (Å²) in [5, 5.41) is 12.7. The van der Waals surface area contributed by atoms with Gasteiger partial charge in [0, 0.05) is 32.0 Å². The molecule has 1 aromatic carbocycles. The minimum absolute atomic E-state index is 0.0243. The van der Waals surface area contributed by atoms with Gasteiger partial charge in [-0.2, -0.15) is 0 Å². The van der Waals surface area contributed by atoms with E-state index in [1.165, 1.54) is 6.07 Å². The third-order valence-electron chi connectivity index (χ3n) is 4.32. The molecule has 25 heavy (non-hydrogen) atoms. The van der Waals surface area contributed by atoms with Crippen molar-refractivity contribution in [3.8, 4) is 5.75 Å². The van der Waals surface area contributed by atoms with Gasteiger partial charge in [-0.05, 0) is 42.5 Å². The molecule has 0 bridgehead atoms. The molecule has 1 fully saturated rings. The van der Waals surface area contributed by atoms with Gasteiger partial charge in [0.05, 0.1) is 11.4 Å². The number of hydrogen-bond acceptors (Lipinski definition) is 5. The summed E-state index contributed by atoms with van der Waals surface area (Å²) in [4.78, 5) is 22.9. The number of carbonyl (C=O) groups is 1. The van der Waals surface area contributed by atoms with Crippen molar-refractivity contribution in [1.29, 1.82) is 0 Å². The summed E-state index contributed by atoms with van der Waals surface area (Å²) in [6, 6.07) is 6.63. The van der Waals surface area contributed by atoms with Gasteiger partial charge in [0.1, 0.15) is 5.75 Å². The number of benzene rings is 1. The fourth-order valence-electron chi connectivity index (χ4n) is 3.03. The van der Waals surface area contributed by atoms with Gasteiger partial charge in [-0.15, -0.1) is 0 Å². The lowest BCUT2D eigenvalue weighted by atomic mass is 9.98. The van der Waals surface area contributed by atoms with Crippen molar-refractivity contribution < 1.29 is 9.90 Å². The van der Waals surface area contributed by atoms with Crippen LogP contribution in [0.4, 0.5) is 5.95 Å². The highest BCUT2D eigenvalue weighted by Gasteiger charge is 2.22. The molecular weight excluding hydrogens is 340 g/mol. The maximum absolute atomic E-state index is 12.1. The predicted molar refractivity (Wildman–Crippen MR) is 96.8 cm³/mol. The molecule has 0 unspecified atom stereocenters. The molecule has 1 amide bonds. The third kappa shape index (κ3) is 4.82. The number of halogens is 1. The fraction of sp³-hybridized carbons (Fsp3) is 0.389. The van der Waals surface area contributed by atoms with E-state index >= 15 is 0 Å². The first kappa shape index (κ1) is 17.5. The number of rotatable bonds is 5. The number of piperidine rings is 1. The Hall–Kier alpha value is -2.34. The minimum atomic E-state index is -0.0464. The average Bonchev–Trinajstić information content (AvgIpc) is 2.64. The summed E-state index contributed by atoms with van der Waals surface area (Å²) >= 11 is 5.87. The van der Waals surface area contributed by atoms with E-state index in [2.05, 4.69) is 20.2 Å². The molecule has 1 aromatic heterocycles. The standard InChI is InChI=1S/C18H21ClN4O2/c19-15-9-13(4-5-16(15)24)10-17(25)22-11-14-3-1-8-23(12-14)18-20-6-2-7-21-18/h2,4-7,9,14,24H,1,3,8,10-12H2,(H,22,25)/t14-/m1/s1. The van der Waals surface area contributed by atoms with Crippen LogP contribution in [-0.4, -0.2) is 40.6 Å². The highest BCUT2D eigenvalue weighted by atomic mass is 35.5. The molecule has 1 saturated heterocycles. The zero-order valence-corrected chi connectivity index (χ0v) is 14.6. The topological polar surface area (TPSA) is 78.4 Å². The molecule has 132 valence electrons. The molecule has 6 nitrogen and oxygen atoms in total. The van der Waals surface area contributed by atoms with E-state index in [9.17, 15) is 9.90 Å². The molecule has 1 aliphatic rings. The number of amides is 1. The van der Waals surface area contributed by atoms with Crippen molar-refractivity contribution >= 4 is 23.5 Å². The lowest BCUT2D eigenvalue weighted by molar-refractivity contribution is -0.120. The highest BCUT2D eigenvalue weighted by molar-refractivity contribution is 6.32. The first-order chi connectivity index (χ1) is 12.1. The van der Waals surface area contributed by atoms with Crippen LogP contribution in [0.3, 0.4) is 0 Å². The number of nitrogens with one attached hydrogen (secondary N) is 1. The maximum Gasteiger partial charge on any atom is 0.225 e.